The number of rotatable bonds is 7. The van der Waals surface area contributed by atoms with Crippen LogP contribution >= 0.6 is 0 Å². The summed E-state index contributed by atoms with van der Waals surface area (Å²) in [6, 6.07) is 9.26. The first-order valence-electron chi connectivity index (χ1n) is 7.28. The van der Waals surface area contributed by atoms with Crippen LogP contribution in [0.1, 0.15) is 17.0 Å². The van der Waals surface area contributed by atoms with E-state index in [0.717, 1.165) is 0 Å². The van der Waals surface area contributed by atoms with Crippen molar-refractivity contribution in [2.24, 2.45) is 0 Å². The van der Waals surface area contributed by atoms with Gasteiger partial charge in [0.25, 0.3) is 0 Å². The van der Waals surface area contributed by atoms with E-state index in [9.17, 15) is 14.3 Å². The van der Waals surface area contributed by atoms with Gasteiger partial charge in [0.15, 0.2) is 11.5 Å². The summed E-state index contributed by atoms with van der Waals surface area (Å²) in [6.07, 6.45) is 0.0145. The first kappa shape index (κ1) is 17.6. The van der Waals surface area contributed by atoms with Crippen molar-refractivity contribution in [1.29, 1.82) is 0 Å². The number of hydrogen-bond acceptors (Lipinski definition) is 4. The SMILES string of the molecule is COc1cc(C(Cc2ccccc2F)C(=O)O)cc(OC)c1OC. The van der Waals surface area contributed by atoms with Crippen LogP contribution < -0.4 is 14.2 Å². The monoisotopic (exact) mass is 334 g/mol. The second kappa shape index (κ2) is 7.68. The Hall–Kier alpha value is -2.76. The highest BCUT2D eigenvalue weighted by atomic mass is 19.1. The van der Waals surface area contributed by atoms with Crippen LogP contribution in [0.2, 0.25) is 0 Å². The Morgan fingerprint density at radius 2 is 1.67 bits per heavy atom. The lowest BCUT2D eigenvalue weighted by Gasteiger charge is -2.18. The summed E-state index contributed by atoms with van der Waals surface area (Å²) in [5, 5.41) is 9.60. The van der Waals surface area contributed by atoms with Crippen LogP contribution in [0.5, 0.6) is 17.2 Å². The molecule has 2 aromatic rings. The van der Waals surface area contributed by atoms with Gasteiger partial charge < -0.3 is 19.3 Å². The summed E-state index contributed by atoms with van der Waals surface area (Å²) in [4.78, 5) is 11.7. The Morgan fingerprint density at radius 1 is 1.08 bits per heavy atom. The minimum absolute atomic E-state index is 0.0145. The highest BCUT2D eigenvalue weighted by Crippen LogP contribution is 2.40. The second-order valence-electron chi connectivity index (χ2n) is 5.15. The van der Waals surface area contributed by atoms with Gasteiger partial charge in [-0.25, -0.2) is 4.39 Å². The van der Waals surface area contributed by atoms with Crippen molar-refractivity contribution in [1.82, 2.24) is 0 Å². The summed E-state index contributed by atoms with van der Waals surface area (Å²) in [5.74, 6) is -1.36. The summed E-state index contributed by atoms with van der Waals surface area (Å²) in [6.45, 7) is 0. The van der Waals surface area contributed by atoms with Gasteiger partial charge in [-0.05, 0) is 35.7 Å². The first-order valence-corrected chi connectivity index (χ1v) is 7.28. The fourth-order valence-corrected chi connectivity index (χ4v) is 2.53. The number of ether oxygens (including phenoxy) is 3. The molecule has 0 amide bonds. The topological polar surface area (TPSA) is 65.0 Å². The Labute approximate surface area is 139 Å². The molecule has 0 aliphatic heterocycles. The van der Waals surface area contributed by atoms with Gasteiger partial charge in [-0.1, -0.05) is 18.2 Å². The quantitative estimate of drug-likeness (QED) is 0.842. The molecule has 0 aliphatic rings. The zero-order valence-electron chi connectivity index (χ0n) is 13.7. The summed E-state index contributed by atoms with van der Waals surface area (Å²) in [7, 11) is 4.37. The van der Waals surface area contributed by atoms with Crippen LogP contribution in [-0.4, -0.2) is 32.4 Å². The third kappa shape index (κ3) is 3.59. The Bertz CT molecular complexity index is 704. The van der Waals surface area contributed by atoms with Crippen molar-refractivity contribution in [3.05, 3.63) is 53.3 Å². The molecule has 1 unspecified atom stereocenters. The number of carboxylic acid groups (broad SMARTS) is 1. The minimum atomic E-state index is -1.06. The number of methoxy groups -OCH3 is 3. The first-order chi connectivity index (χ1) is 11.5. The molecule has 0 radical (unpaired) electrons. The van der Waals surface area contributed by atoms with Gasteiger partial charge >= 0.3 is 5.97 Å². The highest BCUT2D eigenvalue weighted by Gasteiger charge is 2.25. The van der Waals surface area contributed by atoms with E-state index in [4.69, 9.17) is 14.2 Å². The molecular formula is C18H19FO5. The molecule has 2 aromatic carbocycles. The van der Waals surface area contributed by atoms with Crippen molar-refractivity contribution in [3.63, 3.8) is 0 Å². The molecular weight excluding hydrogens is 315 g/mol. The lowest BCUT2D eigenvalue weighted by molar-refractivity contribution is -0.138. The van der Waals surface area contributed by atoms with Crippen molar-refractivity contribution >= 4 is 5.97 Å². The van der Waals surface area contributed by atoms with Gasteiger partial charge in [0.05, 0.1) is 27.2 Å². The number of aliphatic carboxylic acids is 1. The molecule has 0 saturated carbocycles. The molecule has 0 fully saturated rings. The molecule has 6 heteroatoms. The molecule has 24 heavy (non-hydrogen) atoms. The summed E-state index contributed by atoms with van der Waals surface area (Å²) in [5.41, 5.74) is 0.777. The summed E-state index contributed by atoms with van der Waals surface area (Å²) >= 11 is 0. The molecule has 0 saturated heterocycles. The Morgan fingerprint density at radius 3 is 2.12 bits per heavy atom. The molecule has 5 nitrogen and oxygen atoms in total. The van der Waals surface area contributed by atoms with E-state index in [-0.39, 0.29) is 6.42 Å². The number of halogens is 1. The van der Waals surface area contributed by atoms with E-state index in [1.54, 1.807) is 30.3 Å². The number of hydrogen-bond donors (Lipinski definition) is 1. The molecule has 1 N–H and O–H groups in total. The van der Waals surface area contributed by atoms with E-state index >= 15 is 0 Å². The van der Waals surface area contributed by atoms with Crippen LogP contribution in [0.25, 0.3) is 0 Å². The maximum atomic E-state index is 13.9. The van der Waals surface area contributed by atoms with Gasteiger partial charge in [0.2, 0.25) is 5.75 Å². The normalized spacial score (nSPS) is 11.7. The summed E-state index contributed by atoms with van der Waals surface area (Å²) < 4.78 is 29.6. The largest absolute Gasteiger partial charge is 0.493 e. The molecule has 0 spiro atoms. The maximum absolute atomic E-state index is 13.9. The number of benzene rings is 2. The zero-order chi connectivity index (χ0) is 17.7. The van der Waals surface area contributed by atoms with Crippen LogP contribution in [0.3, 0.4) is 0 Å². The van der Waals surface area contributed by atoms with E-state index < -0.39 is 17.7 Å². The average Bonchev–Trinajstić information content (AvgIpc) is 2.59. The minimum Gasteiger partial charge on any atom is -0.493 e. The fraction of sp³-hybridized carbons (Fsp3) is 0.278. The molecule has 0 bridgehead atoms. The lowest BCUT2D eigenvalue weighted by atomic mass is 9.91. The maximum Gasteiger partial charge on any atom is 0.311 e. The van der Waals surface area contributed by atoms with Crippen LogP contribution in [0.4, 0.5) is 4.39 Å². The van der Waals surface area contributed by atoms with Crippen molar-refractivity contribution in [2.75, 3.05) is 21.3 Å². The molecule has 2 rings (SSSR count). The van der Waals surface area contributed by atoms with Crippen molar-refractivity contribution < 1.29 is 28.5 Å². The Balaban J connectivity index is 2.48. The standard InChI is InChI=1S/C18H19FO5/c1-22-15-9-12(10-16(23-2)17(15)24-3)13(18(20)21)8-11-6-4-5-7-14(11)19/h4-7,9-10,13H,8H2,1-3H3,(H,20,21). The van der Waals surface area contributed by atoms with Crippen LogP contribution in [0, 0.1) is 5.82 Å². The predicted octanol–water partition coefficient (Wildman–Crippen LogP) is 3.26. The van der Waals surface area contributed by atoms with E-state index in [1.807, 2.05) is 0 Å². The van der Waals surface area contributed by atoms with Crippen LogP contribution in [0.15, 0.2) is 36.4 Å². The van der Waals surface area contributed by atoms with Gasteiger partial charge in [0, 0.05) is 0 Å². The third-order valence-electron chi connectivity index (χ3n) is 3.77. The van der Waals surface area contributed by atoms with Crippen molar-refractivity contribution in [2.45, 2.75) is 12.3 Å². The van der Waals surface area contributed by atoms with E-state index in [2.05, 4.69) is 0 Å². The van der Waals surface area contributed by atoms with E-state index in [0.29, 0.717) is 28.4 Å². The van der Waals surface area contributed by atoms with Gasteiger partial charge in [-0.15, -0.1) is 0 Å². The average molecular weight is 334 g/mol. The lowest BCUT2D eigenvalue weighted by Crippen LogP contribution is -2.15. The number of carbonyl (C=O) groups is 1. The smallest absolute Gasteiger partial charge is 0.311 e. The van der Waals surface area contributed by atoms with Gasteiger partial charge in [-0.3, -0.25) is 4.79 Å². The van der Waals surface area contributed by atoms with Crippen LogP contribution in [-0.2, 0) is 11.2 Å². The molecule has 0 heterocycles. The number of carboxylic acids is 1. The predicted molar refractivity (Wildman–Crippen MR) is 86.6 cm³/mol. The third-order valence-corrected chi connectivity index (χ3v) is 3.77. The molecule has 0 aromatic heterocycles. The highest BCUT2D eigenvalue weighted by molar-refractivity contribution is 5.77. The molecule has 128 valence electrons. The van der Waals surface area contributed by atoms with Gasteiger partial charge in [-0.2, -0.15) is 0 Å². The van der Waals surface area contributed by atoms with Gasteiger partial charge in [0.1, 0.15) is 5.82 Å². The Kier molecular flexibility index (Phi) is 5.63. The molecule has 0 aliphatic carbocycles. The van der Waals surface area contributed by atoms with Crippen molar-refractivity contribution in [3.8, 4) is 17.2 Å². The fourth-order valence-electron chi connectivity index (χ4n) is 2.53. The molecule has 1 atom stereocenters. The van der Waals surface area contributed by atoms with E-state index in [1.165, 1.54) is 27.4 Å². The second-order valence-corrected chi connectivity index (χ2v) is 5.15. The zero-order valence-corrected chi connectivity index (χ0v) is 13.7.